The summed E-state index contributed by atoms with van der Waals surface area (Å²) in [5, 5.41) is 7.36. The highest BCUT2D eigenvalue weighted by molar-refractivity contribution is 9.09. The Kier molecular flexibility index (Phi) is 20.5. The molecule has 0 aliphatic rings. The van der Waals surface area contributed by atoms with E-state index in [0.717, 1.165) is 38.8 Å². The van der Waals surface area contributed by atoms with Gasteiger partial charge in [-0.05, 0) is 70.4 Å². The summed E-state index contributed by atoms with van der Waals surface area (Å²) >= 11 is 7.92. The Balaban J connectivity index is 1.67. The first-order chi connectivity index (χ1) is 20.5. The van der Waals surface area contributed by atoms with Crippen LogP contribution in [0.2, 0.25) is 0 Å². The summed E-state index contributed by atoms with van der Waals surface area (Å²) in [5.41, 5.74) is 5.43. The predicted octanol–water partition coefficient (Wildman–Crippen LogP) is 11.0. The average Bonchev–Trinajstić information content (AvgIpc) is 3.01. The van der Waals surface area contributed by atoms with E-state index in [1.807, 2.05) is 0 Å². The number of nitrogens with zero attached hydrogens (tertiary/aromatic N) is 2. The molecule has 2 aromatic heterocycles. The number of pyridine rings is 2. The van der Waals surface area contributed by atoms with Gasteiger partial charge in [0.2, 0.25) is 9.90 Å². The number of aromatic nitrogens is 2. The molecule has 0 radical (unpaired) electrons. The molecule has 238 valence electrons. The molecule has 0 spiro atoms. The van der Waals surface area contributed by atoms with Gasteiger partial charge in [-0.2, -0.15) is 9.13 Å². The lowest BCUT2D eigenvalue weighted by Gasteiger charge is -2.12. The van der Waals surface area contributed by atoms with Gasteiger partial charge in [0, 0.05) is 60.6 Å². The fourth-order valence-electron chi connectivity index (χ4n) is 5.56. The molecule has 0 saturated heterocycles. The molecule has 0 bridgehead atoms. The van der Waals surface area contributed by atoms with E-state index < -0.39 is 0 Å². The molecule has 42 heavy (non-hydrogen) atoms. The molecule has 0 aromatic carbocycles. The topological polar surface area (TPSA) is 31.8 Å². The molecule has 0 saturated carbocycles. The van der Waals surface area contributed by atoms with Gasteiger partial charge in [0.05, 0.1) is 0 Å². The maximum Gasteiger partial charge on any atom is 0.212 e. The van der Waals surface area contributed by atoms with E-state index in [-0.39, 0.29) is 0 Å². The van der Waals surface area contributed by atoms with E-state index in [4.69, 9.17) is 0 Å². The van der Waals surface area contributed by atoms with Crippen LogP contribution in [0.4, 0.5) is 11.4 Å². The van der Waals surface area contributed by atoms with Gasteiger partial charge >= 0.3 is 0 Å². The van der Waals surface area contributed by atoms with Crippen molar-refractivity contribution in [3.05, 3.63) is 48.0 Å². The molecule has 0 fully saturated rings. The van der Waals surface area contributed by atoms with Gasteiger partial charge in [-0.25, -0.2) is 0 Å². The van der Waals surface area contributed by atoms with Crippen LogP contribution in [0.5, 0.6) is 0 Å². The molecule has 6 heteroatoms. The molecule has 4 nitrogen and oxygen atoms in total. The van der Waals surface area contributed by atoms with E-state index in [2.05, 4.69) is 116 Å². The van der Waals surface area contributed by atoms with Crippen molar-refractivity contribution in [3.63, 3.8) is 0 Å². The molecule has 2 unspecified atom stereocenters. The molecule has 2 N–H and O–H groups in total. The summed E-state index contributed by atoms with van der Waals surface area (Å²) in [5.74, 6) is 0. The van der Waals surface area contributed by atoms with E-state index in [1.54, 1.807) is 0 Å². The minimum atomic E-state index is 0.362. The molecular weight excluding hydrogens is 648 g/mol. The molecule has 0 aliphatic heterocycles. The third-order valence-corrected chi connectivity index (χ3v) is 10.2. The van der Waals surface area contributed by atoms with E-state index in [9.17, 15) is 0 Å². The number of anilines is 2. The number of alkyl halides is 2. The molecule has 2 heterocycles. The van der Waals surface area contributed by atoms with Crippen LogP contribution < -0.4 is 19.8 Å². The van der Waals surface area contributed by atoms with E-state index in [1.165, 1.54) is 112 Å². The van der Waals surface area contributed by atoms with Gasteiger partial charge < -0.3 is 10.6 Å². The van der Waals surface area contributed by atoms with Gasteiger partial charge in [0.1, 0.15) is 0 Å². The highest BCUT2D eigenvalue weighted by Gasteiger charge is 2.18. The third-order valence-electron chi connectivity index (χ3n) is 8.36. The lowest BCUT2D eigenvalue weighted by molar-refractivity contribution is -0.698. The number of rotatable bonds is 25. The minimum absolute atomic E-state index is 0.362. The smallest absolute Gasteiger partial charge is 0.212 e. The SMILES string of the molecule is CCCCCCCNc1cc[n+](C(Br)CCCCCCC(Br)[n+]2ccc(NCCCCCCC)c(CC)c2)cc1CC. The number of unbranched alkanes of at least 4 members (excludes halogenated alkanes) is 11. The minimum Gasteiger partial charge on any atom is -0.384 e. The van der Waals surface area contributed by atoms with Crippen LogP contribution in [0, 0.1) is 0 Å². The Morgan fingerprint density at radius 1 is 0.548 bits per heavy atom. The first-order valence-corrected chi connectivity index (χ1v) is 19.2. The maximum absolute atomic E-state index is 3.96. The fraction of sp³-hybridized carbons (Fsp3) is 0.722. The van der Waals surface area contributed by atoms with Crippen molar-refractivity contribution in [3.8, 4) is 0 Å². The van der Waals surface area contributed by atoms with Gasteiger partial charge in [-0.3, -0.25) is 0 Å². The van der Waals surface area contributed by atoms with Crippen LogP contribution in [0.1, 0.15) is 151 Å². The molecule has 0 aliphatic carbocycles. The van der Waals surface area contributed by atoms with Crippen molar-refractivity contribution >= 4 is 43.2 Å². The van der Waals surface area contributed by atoms with Gasteiger partial charge in [0.25, 0.3) is 0 Å². The normalized spacial score (nSPS) is 12.8. The first kappa shape index (κ1) is 37.0. The Morgan fingerprint density at radius 2 is 0.929 bits per heavy atom. The zero-order chi connectivity index (χ0) is 30.4. The summed E-state index contributed by atoms with van der Waals surface area (Å²) in [6.45, 7) is 11.2. The van der Waals surface area contributed by atoms with Crippen LogP contribution in [0.15, 0.2) is 36.9 Å². The first-order valence-electron chi connectivity index (χ1n) is 17.4. The molecule has 2 rings (SSSR count). The number of halogens is 2. The Labute approximate surface area is 276 Å². The van der Waals surface area contributed by atoms with Crippen molar-refractivity contribution in [2.75, 3.05) is 23.7 Å². The molecule has 0 amide bonds. The second-order valence-electron chi connectivity index (χ2n) is 11.9. The lowest BCUT2D eigenvalue weighted by atomic mass is 10.1. The highest BCUT2D eigenvalue weighted by atomic mass is 79.9. The van der Waals surface area contributed by atoms with Gasteiger partial charge in [0.15, 0.2) is 24.8 Å². The van der Waals surface area contributed by atoms with Crippen LogP contribution in [-0.2, 0) is 12.8 Å². The lowest BCUT2D eigenvalue weighted by Crippen LogP contribution is -2.36. The van der Waals surface area contributed by atoms with E-state index >= 15 is 0 Å². The maximum atomic E-state index is 3.96. The summed E-state index contributed by atoms with van der Waals surface area (Å²) in [4.78, 5) is 0.725. The summed E-state index contributed by atoms with van der Waals surface area (Å²) < 4.78 is 4.71. The van der Waals surface area contributed by atoms with Crippen molar-refractivity contribution in [1.82, 2.24) is 0 Å². The quantitative estimate of drug-likeness (QED) is 0.0611. The Hall–Kier alpha value is -1.14. The Morgan fingerprint density at radius 3 is 1.31 bits per heavy atom. The second kappa shape index (κ2) is 23.3. The van der Waals surface area contributed by atoms with Crippen LogP contribution >= 0.6 is 31.9 Å². The van der Waals surface area contributed by atoms with Gasteiger partial charge in [-0.1, -0.05) is 91.9 Å². The van der Waals surface area contributed by atoms with Gasteiger partial charge in [-0.15, -0.1) is 0 Å². The average molecular weight is 711 g/mol. The van der Waals surface area contributed by atoms with E-state index in [0.29, 0.717) is 9.90 Å². The fourth-order valence-corrected chi connectivity index (χ4v) is 6.71. The third kappa shape index (κ3) is 14.6. The molecular formula is C36H62Br2N4+2. The van der Waals surface area contributed by atoms with Crippen molar-refractivity contribution in [1.29, 1.82) is 0 Å². The zero-order valence-corrected chi connectivity index (χ0v) is 30.6. The summed E-state index contributed by atoms with van der Waals surface area (Å²) in [6.07, 6.45) is 31.9. The predicted molar refractivity (Wildman–Crippen MR) is 190 cm³/mol. The monoisotopic (exact) mass is 708 g/mol. The van der Waals surface area contributed by atoms with Crippen LogP contribution in [0.3, 0.4) is 0 Å². The Bertz CT molecular complexity index is 890. The number of hydrogen-bond donors (Lipinski definition) is 2. The summed E-state index contributed by atoms with van der Waals surface area (Å²) in [7, 11) is 0. The van der Waals surface area contributed by atoms with Crippen molar-refractivity contribution < 1.29 is 9.13 Å². The number of hydrogen-bond acceptors (Lipinski definition) is 2. The second-order valence-corrected chi connectivity index (χ2v) is 14.0. The number of aryl methyl sites for hydroxylation is 2. The van der Waals surface area contributed by atoms with Crippen LogP contribution in [0.25, 0.3) is 0 Å². The van der Waals surface area contributed by atoms with Crippen molar-refractivity contribution in [2.45, 2.75) is 153 Å². The van der Waals surface area contributed by atoms with Crippen LogP contribution in [-0.4, -0.2) is 13.1 Å². The molecule has 2 aromatic rings. The molecule has 2 atom stereocenters. The van der Waals surface area contributed by atoms with Crippen molar-refractivity contribution in [2.24, 2.45) is 0 Å². The highest BCUT2D eigenvalue weighted by Crippen LogP contribution is 2.23. The number of nitrogens with one attached hydrogen (secondary N) is 2. The summed E-state index contributed by atoms with van der Waals surface area (Å²) in [6, 6.07) is 4.54. The zero-order valence-electron chi connectivity index (χ0n) is 27.4. The standard InChI is InChI=1S/C36H60Br2N4/c1-5-9-11-15-19-25-39-33-23-27-41(29-31(33)7-3)35(37)21-17-13-14-18-22-36(38)42-28-24-34(32(8-4)30-42)40-26-20-16-12-10-6-2/h23-24,27-30,35-36H,5-22,25-26H2,1-4H3/p+2. The largest absolute Gasteiger partial charge is 0.384 e.